The van der Waals surface area contributed by atoms with Crippen molar-refractivity contribution in [3.63, 3.8) is 0 Å². The summed E-state index contributed by atoms with van der Waals surface area (Å²) in [6.45, 7) is 11.2. The minimum atomic E-state index is -0.475. The van der Waals surface area contributed by atoms with Crippen LogP contribution in [0, 0.1) is 11.8 Å². The fourth-order valence-corrected chi connectivity index (χ4v) is 4.44. The van der Waals surface area contributed by atoms with Gasteiger partial charge in [0, 0.05) is 36.0 Å². The molecule has 2 aromatic heterocycles. The lowest BCUT2D eigenvalue weighted by Crippen LogP contribution is -2.36. The lowest BCUT2D eigenvalue weighted by Gasteiger charge is -2.25. The van der Waals surface area contributed by atoms with Crippen LogP contribution in [0.2, 0.25) is 0 Å². The van der Waals surface area contributed by atoms with Crippen molar-refractivity contribution in [3.8, 4) is 11.4 Å². The number of benzene rings is 1. The van der Waals surface area contributed by atoms with Crippen LogP contribution in [-0.4, -0.2) is 49.6 Å². The highest BCUT2D eigenvalue weighted by Crippen LogP contribution is 2.58. The van der Waals surface area contributed by atoms with Crippen LogP contribution in [0.3, 0.4) is 0 Å². The fourth-order valence-electron chi connectivity index (χ4n) is 4.44. The van der Waals surface area contributed by atoms with Crippen LogP contribution in [0.25, 0.3) is 22.3 Å². The third-order valence-electron chi connectivity index (χ3n) is 5.92. The lowest BCUT2D eigenvalue weighted by atomic mass is 10.1. The topological polar surface area (TPSA) is 86.3 Å². The summed E-state index contributed by atoms with van der Waals surface area (Å²) < 4.78 is 13.1. The fraction of sp³-hybridized carbons (Fsp3) is 0.545. The number of aromatic nitrogens is 4. The van der Waals surface area contributed by atoms with Crippen LogP contribution >= 0.6 is 0 Å². The molecule has 1 saturated heterocycles. The number of hydrogen-bond acceptors (Lipinski definition) is 6. The van der Waals surface area contributed by atoms with Gasteiger partial charge < -0.3 is 14.2 Å². The first-order valence-corrected chi connectivity index (χ1v) is 10.5. The molecule has 1 unspecified atom stereocenters. The van der Waals surface area contributed by atoms with E-state index >= 15 is 0 Å². The van der Waals surface area contributed by atoms with Crippen LogP contribution in [0.1, 0.15) is 52.5 Å². The Kier molecular flexibility index (Phi) is 4.17. The largest absolute Gasteiger partial charge is 0.444 e. The summed E-state index contributed by atoms with van der Waals surface area (Å²) in [7, 11) is 0. The summed E-state index contributed by atoms with van der Waals surface area (Å²) in [5.74, 6) is 2.24. The number of ether oxygens (including phenoxy) is 1. The number of nitrogens with zero attached hydrogens (tertiary/aromatic N) is 5. The second kappa shape index (κ2) is 6.55. The number of piperidine rings is 1. The van der Waals surface area contributed by atoms with Crippen molar-refractivity contribution in [3.05, 3.63) is 30.3 Å². The van der Waals surface area contributed by atoms with Gasteiger partial charge >= 0.3 is 6.09 Å². The van der Waals surface area contributed by atoms with Crippen molar-refractivity contribution in [2.75, 3.05) is 13.1 Å². The average molecular weight is 409 g/mol. The molecule has 3 aromatic rings. The third kappa shape index (κ3) is 3.24. The van der Waals surface area contributed by atoms with E-state index in [-0.39, 0.29) is 18.1 Å². The highest BCUT2D eigenvalue weighted by atomic mass is 16.6. The molecule has 1 saturated carbocycles. The zero-order chi connectivity index (χ0) is 21.2. The molecule has 3 heterocycles. The SMILES string of the molecule is CC(C)n1ncc2ccc(-c3noc(C4[C@H]5CN(C(=O)OC(C)(C)C)C[C@@H]45)n3)cc21. The Labute approximate surface area is 175 Å². The van der Waals surface area contributed by atoms with Gasteiger partial charge in [0.2, 0.25) is 11.7 Å². The van der Waals surface area contributed by atoms with E-state index < -0.39 is 5.60 Å². The Morgan fingerprint density at radius 3 is 2.63 bits per heavy atom. The van der Waals surface area contributed by atoms with Crippen molar-refractivity contribution in [1.82, 2.24) is 24.8 Å². The Morgan fingerprint density at radius 2 is 1.97 bits per heavy atom. The van der Waals surface area contributed by atoms with E-state index in [1.54, 1.807) is 4.90 Å². The second-order valence-electron chi connectivity index (χ2n) is 9.65. The summed E-state index contributed by atoms with van der Waals surface area (Å²) in [6, 6.07) is 6.38. The number of amides is 1. The van der Waals surface area contributed by atoms with E-state index in [1.807, 2.05) is 43.8 Å². The highest BCUT2D eigenvalue weighted by Gasteiger charge is 2.60. The molecule has 8 heteroatoms. The lowest BCUT2D eigenvalue weighted by molar-refractivity contribution is 0.0269. The molecule has 0 radical (unpaired) electrons. The standard InChI is InChI=1S/C22H27N5O3/c1-12(2)27-17-8-13(6-7-14(17)9-23-27)19-24-20(30-25-19)18-15-10-26(11-16(15)18)21(28)29-22(3,4)5/h6-9,12,15-16,18H,10-11H2,1-5H3/t15-,16+,18?. The van der Waals surface area contributed by atoms with E-state index in [2.05, 4.69) is 35.2 Å². The van der Waals surface area contributed by atoms with Crippen molar-refractivity contribution < 1.29 is 14.1 Å². The molecule has 2 fully saturated rings. The van der Waals surface area contributed by atoms with Crippen LogP contribution in [0.5, 0.6) is 0 Å². The van der Waals surface area contributed by atoms with Gasteiger partial charge in [-0.2, -0.15) is 10.1 Å². The van der Waals surface area contributed by atoms with Crippen LogP contribution < -0.4 is 0 Å². The predicted molar refractivity (Wildman–Crippen MR) is 111 cm³/mol. The summed E-state index contributed by atoms with van der Waals surface area (Å²) in [4.78, 5) is 18.7. The number of carbonyl (C=O) groups is 1. The Balaban J connectivity index is 1.30. The molecule has 8 nitrogen and oxygen atoms in total. The number of likely N-dealkylation sites (tertiary alicyclic amines) is 1. The van der Waals surface area contributed by atoms with Gasteiger partial charge in [0.1, 0.15) is 5.60 Å². The smallest absolute Gasteiger partial charge is 0.410 e. The zero-order valence-electron chi connectivity index (χ0n) is 18.0. The zero-order valence-corrected chi connectivity index (χ0v) is 18.0. The van der Waals surface area contributed by atoms with Gasteiger partial charge in [0.25, 0.3) is 0 Å². The van der Waals surface area contributed by atoms with Gasteiger partial charge in [-0.25, -0.2) is 4.79 Å². The average Bonchev–Trinajstić information content (AvgIpc) is 3.15. The van der Waals surface area contributed by atoms with Gasteiger partial charge in [0.05, 0.1) is 11.7 Å². The first kappa shape index (κ1) is 19.1. The molecule has 1 aliphatic carbocycles. The number of fused-ring (bicyclic) bond motifs is 2. The van der Waals surface area contributed by atoms with Crippen molar-refractivity contribution in [2.45, 2.75) is 52.2 Å². The van der Waals surface area contributed by atoms with Gasteiger partial charge in [-0.3, -0.25) is 4.68 Å². The molecule has 3 atom stereocenters. The number of carbonyl (C=O) groups excluding carboxylic acids is 1. The molecule has 1 aromatic carbocycles. The molecular formula is C22H27N5O3. The van der Waals surface area contributed by atoms with E-state index in [1.165, 1.54) is 0 Å². The highest BCUT2D eigenvalue weighted by molar-refractivity contribution is 5.83. The van der Waals surface area contributed by atoms with Gasteiger partial charge in [-0.15, -0.1) is 0 Å². The third-order valence-corrected chi connectivity index (χ3v) is 5.92. The first-order valence-electron chi connectivity index (χ1n) is 10.5. The van der Waals surface area contributed by atoms with Gasteiger partial charge in [-0.05, 0) is 52.5 Å². The first-order chi connectivity index (χ1) is 14.2. The predicted octanol–water partition coefficient (Wildman–Crippen LogP) is 4.25. The van der Waals surface area contributed by atoms with Gasteiger partial charge in [0.15, 0.2) is 0 Å². The van der Waals surface area contributed by atoms with Crippen LogP contribution in [0.15, 0.2) is 28.9 Å². The maximum atomic E-state index is 12.3. The normalized spacial score (nSPS) is 23.3. The minimum absolute atomic E-state index is 0.231. The molecular weight excluding hydrogens is 382 g/mol. The number of hydrogen-bond donors (Lipinski definition) is 0. The molecule has 1 aliphatic heterocycles. The monoisotopic (exact) mass is 409 g/mol. The van der Waals surface area contributed by atoms with E-state index in [4.69, 9.17) is 9.26 Å². The molecule has 1 amide bonds. The molecule has 0 N–H and O–H groups in total. The van der Waals surface area contributed by atoms with Crippen molar-refractivity contribution in [2.24, 2.45) is 11.8 Å². The molecule has 158 valence electrons. The second-order valence-corrected chi connectivity index (χ2v) is 9.65. The maximum Gasteiger partial charge on any atom is 0.410 e. The Hall–Kier alpha value is -2.90. The van der Waals surface area contributed by atoms with Crippen LogP contribution in [-0.2, 0) is 4.74 Å². The quantitative estimate of drug-likeness (QED) is 0.643. The van der Waals surface area contributed by atoms with Crippen LogP contribution in [0.4, 0.5) is 4.79 Å². The van der Waals surface area contributed by atoms with E-state index in [0.29, 0.717) is 36.6 Å². The molecule has 0 bridgehead atoms. The molecule has 30 heavy (non-hydrogen) atoms. The summed E-state index contributed by atoms with van der Waals surface area (Å²) in [5.41, 5.74) is 1.50. The van der Waals surface area contributed by atoms with E-state index in [0.717, 1.165) is 16.5 Å². The maximum absolute atomic E-state index is 12.3. The Morgan fingerprint density at radius 1 is 1.23 bits per heavy atom. The van der Waals surface area contributed by atoms with Gasteiger partial charge in [-0.1, -0.05) is 17.3 Å². The Bertz CT molecular complexity index is 1100. The minimum Gasteiger partial charge on any atom is -0.444 e. The molecule has 0 spiro atoms. The number of rotatable bonds is 3. The van der Waals surface area contributed by atoms with Crippen molar-refractivity contribution in [1.29, 1.82) is 0 Å². The van der Waals surface area contributed by atoms with Crippen molar-refractivity contribution >= 4 is 17.0 Å². The molecule has 2 aliphatic rings. The summed E-state index contributed by atoms with van der Waals surface area (Å²) in [6.07, 6.45) is 1.64. The van der Waals surface area contributed by atoms with E-state index in [9.17, 15) is 4.79 Å². The summed E-state index contributed by atoms with van der Waals surface area (Å²) in [5, 5.41) is 9.78. The molecule has 5 rings (SSSR count). The summed E-state index contributed by atoms with van der Waals surface area (Å²) >= 11 is 0.